The summed E-state index contributed by atoms with van der Waals surface area (Å²) in [6.45, 7) is 4.37. The van der Waals surface area contributed by atoms with Crippen LogP contribution < -0.4 is 0 Å². The van der Waals surface area contributed by atoms with E-state index in [0.29, 0.717) is 0 Å². The van der Waals surface area contributed by atoms with Crippen LogP contribution in [0.1, 0.15) is 65.1 Å². The molecule has 0 radical (unpaired) electrons. The van der Waals surface area contributed by atoms with Crippen LogP contribution in [0.4, 0.5) is 0 Å². The summed E-state index contributed by atoms with van der Waals surface area (Å²) < 4.78 is 7.31. The van der Waals surface area contributed by atoms with Crippen LogP contribution >= 0.6 is 0 Å². The van der Waals surface area contributed by atoms with Crippen molar-refractivity contribution < 1.29 is 0 Å². The number of benzene rings is 7. The van der Waals surface area contributed by atoms with E-state index in [1.54, 1.807) is 0 Å². The van der Waals surface area contributed by atoms with Gasteiger partial charge in [-0.25, -0.2) is 9.97 Å². The lowest BCUT2D eigenvalue weighted by molar-refractivity contribution is 0.798. The first-order chi connectivity index (χ1) is 31.6. The number of hydrogen-bond donors (Lipinski definition) is 0. The van der Waals surface area contributed by atoms with Crippen molar-refractivity contribution in [1.29, 1.82) is 0 Å². The van der Waals surface area contributed by atoms with Crippen LogP contribution in [0.15, 0.2) is 158 Å². The average Bonchev–Trinajstić information content (AvgIpc) is 4.02. The van der Waals surface area contributed by atoms with E-state index in [4.69, 9.17) is 9.97 Å². The quantitative estimate of drug-likeness (QED) is 0.166. The van der Waals surface area contributed by atoms with E-state index in [0.717, 1.165) is 59.4 Å². The maximum atomic E-state index is 5.32. The predicted octanol–water partition coefficient (Wildman–Crippen LogP) is 14.7. The van der Waals surface area contributed by atoms with Gasteiger partial charge in [0, 0.05) is 49.6 Å². The van der Waals surface area contributed by atoms with Crippen molar-refractivity contribution in [3.8, 4) is 16.8 Å². The van der Waals surface area contributed by atoms with Gasteiger partial charge in [0.05, 0.1) is 39.1 Å². The number of rotatable bonds is 4. The molecule has 7 aromatic carbocycles. The van der Waals surface area contributed by atoms with E-state index in [-0.39, 0.29) is 5.92 Å². The minimum Gasteiger partial charge on any atom is -0.309 e. The molecule has 1 unspecified atom stereocenters. The van der Waals surface area contributed by atoms with Crippen molar-refractivity contribution in [2.75, 3.05) is 0 Å². The fraction of sp³-hybridized carbons (Fsp3) is 0.119. The molecule has 304 valence electrons. The van der Waals surface area contributed by atoms with Crippen molar-refractivity contribution in [2.45, 2.75) is 45.4 Å². The molecular weight excluding hydrogens is 779 g/mol. The number of imidazole rings is 2. The Labute approximate surface area is 369 Å². The fourth-order valence-electron chi connectivity index (χ4n) is 11.6. The van der Waals surface area contributed by atoms with Gasteiger partial charge in [-0.15, -0.1) is 0 Å². The van der Waals surface area contributed by atoms with Gasteiger partial charge in [-0.05, 0) is 126 Å². The third-order valence-corrected chi connectivity index (χ3v) is 14.5. The van der Waals surface area contributed by atoms with Gasteiger partial charge < -0.3 is 4.57 Å². The Bertz CT molecular complexity index is 4060. The monoisotopic (exact) mass is 821 g/mol. The molecule has 0 saturated carbocycles. The van der Waals surface area contributed by atoms with Crippen LogP contribution in [0.2, 0.25) is 0 Å². The molecule has 0 N–H and O–H groups in total. The molecule has 5 heterocycles. The third kappa shape index (κ3) is 4.84. The number of pyridine rings is 2. The molecule has 0 spiro atoms. The van der Waals surface area contributed by atoms with Gasteiger partial charge in [-0.2, -0.15) is 0 Å². The van der Waals surface area contributed by atoms with Gasteiger partial charge in [-0.1, -0.05) is 122 Å². The van der Waals surface area contributed by atoms with Crippen molar-refractivity contribution in [2.24, 2.45) is 0 Å². The standard InChI is InChI=1S/C59H43N5/c1-3-4-20-50-35(2)62-52-22-11-8-19-42(52)49-34-38(27-29-46(49)58(62)60-50)63-53-23-12-7-17-40(53)44-31-30-43-39-16-6-5-15-36(39)32-47(56(43)57(44)63)37-26-28-45-48(33-37)41-18-9-13-24-54(41)64-55-25-14-10-21-51(55)61-59(45)64/h4-9,11-20,22-31,33-34,47H,3,10,21,32H2,1-2H3/b20-4-. The van der Waals surface area contributed by atoms with Crippen LogP contribution in [0.25, 0.3) is 105 Å². The molecule has 2 aliphatic rings. The summed E-state index contributed by atoms with van der Waals surface area (Å²) in [5, 5.41) is 9.84. The molecule has 5 nitrogen and oxygen atoms in total. The van der Waals surface area contributed by atoms with Gasteiger partial charge in [0.25, 0.3) is 0 Å². The van der Waals surface area contributed by atoms with Crippen molar-refractivity contribution >= 4 is 88.6 Å². The lowest BCUT2D eigenvalue weighted by atomic mass is 9.74. The average molecular weight is 822 g/mol. The molecule has 5 aromatic heterocycles. The van der Waals surface area contributed by atoms with Gasteiger partial charge in [0.1, 0.15) is 11.3 Å². The molecule has 5 heteroatoms. The minimum atomic E-state index is 0.107. The summed E-state index contributed by atoms with van der Waals surface area (Å²) in [4.78, 5) is 10.6. The molecule has 14 rings (SSSR count). The smallest absolute Gasteiger partial charge is 0.146 e. The Morgan fingerprint density at radius 3 is 2.09 bits per heavy atom. The first-order valence-corrected chi connectivity index (χ1v) is 22.8. The van der Waals surface area contributed by atoms with Crippen LogP contribution in [0, 0.1) is 6.92 Å². The van der Waals surface area contributed by atoms with E-state index < -0.39 is 0 Å². The molecule has 64 heavy (non-hydrogen) atoms. The van der Waals surface area contributed by atoms with Crippen LogP contribution in [0.5, 0.6) is 0 Å². The summed E-state index contributed by atoms with van der Waals surface area (Å²) in [5.74, 6) is 0.107. The number of para-hydroxylation sites is 3. The first-order valence-electron chi connectivity index (χ1n) is 22.8. The van der Waals surface area contributed by atoms with Crippen LogP contribution in [-0.2, 0) is 12.8 Å². The number of nitrogens with zero attached hydrogens (tertiary/aromatic N) is 5. The summed E-state index contributed by atoms with van der Waals surface area (Å²) in [5.41, 5.74) is 19.4. The first kappa shape index (κ1) is 35.8. The van der Waals surface area contributed by atoms with Gasteiger partial charge in [0.15, 0.2) is 0 Å². The van der Waals surface area contributed by atoms with E-state index in [9.17, 15) is 0 Å². The minimum absolute atomic E-state index is 0.107. The second kappa shape index (κ2) is 13.4. The molecule has 1 atom stereocenters. The molecule has 0 aliphatic heterocycles. The Hall–Kier alpha value is -7.76. The Morgan fingerprint density at radius 1 is 0.609 bits per heavy atom. The highest BCUT2D eigenvalue weighted by Gasteiger charge is 2.31. The molecule has 12 aromatic rings. The highest BCUT2D eigenvalue weighted by atomic mass is 15.0. The number of hydrogen-bond acceptors (Lipinski definition) is 2. The zero-order valence-corrected chi connectivity index (χ0v) is 35.8. The van der Waals surface area contributed by atoms with Crippen molar-refractivity contribution in [1.82, 2.24) is 23.3 Å². The maximum Gasteiger partial charge on any atom is 0.146 e. The molecular formula is C59H43N5. The number of allylic oxidation sites excluding steroid dienone is 2. The lowest BCUT2D eigenvalue weighted by Gasteiger charge is -2.30. The molecule has 2 aliphatic carbocycles. The highest BCUT2D eigenvalue weighted by Crippen LogP contribution is 2.49. The zero-order valence-electron chi connectivity index (χ0n) is 35.8. The highest BCUT2D eigenvalue weighted by molar-refractivity contribution is 6.16. The number of aromatic nitrogens is 5. The summed E-state index contributed by atoms with van der Waals surface area (Å²) in [6.07, 6.45) is 12.8. The Morgan fingerprint density at radius 2 is 1.28 bits per heavy atom. The second-order valence-corrected chi connectivity index (χ2v) is 17.9. The lowest BCUT2D eigenvalue weighted by Crippen LogP contribution is -2.14. The summed E-state index contributed by atoms with van der Waals surface area (Å²) in [6, 6.07) is 54.9. The Balaban J connectivity index is 1.06. The maximum absolute atomic E-state index is 5.32. The topological polar surface area (TPSA) is 39.5 Å². The van der Waals surface area contributed by atoms with E-state index >= 15 is 0 Å². The van der Waals surface area contributed by atoms with Gasteiger partial charge in [0.2, 0.25) is 0 Å². The van der Waals surface area contributed by atoms with Crippen molar-refractivity contribution in [3.05, 3.63) is 197 Å². The third-order valence-electron chi connectivity index (χ3n) is 14.5. The Kier molecular flexibility index (Phi) is 7.48. The predicted molar refractivity (Wildman–Crippen MR) is 267 cm³/mol. The van der Waals surface area contributed by atoms with E-state index in [1.165, 1.54) is 99.0 Å². The molecule has 0 amide bonds. The molecule has 0 fully saturated rings. The van der Waals surface area contributed by atoms with Crippen LogP contribution in [0.3, 0.4) is 0 Å². The van der Waals surface area contributed by atoms with E-state index in [2.05, 4.69) is 197 Å². The van der Waals surface area contributed by atoms with E-state index in [1.807, 2.05) is 0 Å². The molecule has 0 bridgehead atoms. The summed E-state index contributed by atoms with van der Waals surface area (Å²) in [7, 11) is 0. The van der Waals surface area contributed by atoms with Gasteiger partial charge >= 0.3 is 0 Å². The number of fused-ring (bicyclic) bond motifs is 21. The zero-order chi connectivity index (χ0) is 42.2. The normalized spacial score (nSPS) is 14.9. The largest absolute Gasteiger partial charge is 0.309 e. The van der Waals surface area contributed by atoms with Crippen LogP contribution in [-0.4, -0.2) is 23.3 Å². The molecule has 0 saturated heterocycles. The SMILES string of the molecule is CC/C=C\c1nc2c3ccc(-n4c5ccccc5c5ccc6c(c54)C(c4ccc5c(c4)c4ccccc4n4c7c(nc54)CCC=C7)Cc4ccccc4-6)cc3c3ccccc3n2c1C. The van der Waals surface area contributed by atoms with Crippen molar-refractivity contribution in [3.63, 3.8) is 0 Å². The summed E-state index contributed by atoms with van der Waals surface area (Å²) >= 11 is 0. The number of aryl methyl sites for hydroxylation is 2. The van der Waals surface area contributed by atoms with Gasteiger partial charge in [-0.3, -0.25) is 8.80 Å². The second-order valence-electron chi connectivity index (χ2n) is 17.9. The fourth-order valence-corrected chi connectivity index (χ4v) is 11.6.